The van der Waals surface area contributed by atoms with Crippen LogP contribution < -0.4 is 0 Å². The van der Waals surface area contributed by atoms with E-state index in [0.717, 1.165) is 47.9 Å². The number of hydrogen-bond donors (Lipinski definition) is 2. The monoisotopic (exact) mass is 392 g/mol. The summed E-state index contributed by atoms with van der Waals surface area (Å²) in [7, 11) is 0. The summed E-state index contributed by atoms with van der Waals surface area (Å²) in [5, 5.41) is 22.6. The van der Waals surface area contributed by atoms with Crippen LogP contribution >= 0.6 is 0 Å². The summed E-state index contributed by atoms with van der Waals surface area (Å²) in [6.07, 6.45) is 7.25. The van der Waals surface area contributed by atoms with Crippen molar-refractivity contribution in [1.82, 2.24) is 0 Å². The largest absolute Gasteiger partial charge is 0.507 e. The van der Waals surface area contributed by atoms with E-state index in [9.17, 15) is 10.2 Å². The van der Waals surface area contributed by atoms with Crippen LogP contribution in [-0.4, -0.2) is 10.2 Å². The van der Waals surface area contributed by atoms with Gasteiger partial charge in [0.2, 0.25) is 0 Å². The zero-order valence-electron chi connectivity index (χ0n) is 19.0. The number of phenols is 2. The van der Waals surface area contributed by atoms with Crippen LogP contribution in [0.3, 0.4) is 0 Å². The molecule has 0 aromatic heterocycles. The smallest absolute Gasteiger partial charge is 0.123 e. The van der Waals surface area contributed by atoms with Crippen LogP contribution in [-0.2, 0) is 30.1 Å². The fourth-order valence-electron chi connectivity index (χ4n) is 6.08. The summed E-state index contributed by atoms with van der Waals surface area (Å²) in [6, 6.07) is 4.30. The van der Waals surface area contributed by atoms with Crippen LogP contribution in [0.2, 0.25) is 0 Å². The van der Waals surface area contributed by atoms with Gasteiger partial charge in [-0.1, -0.05) is 39.8 Å². The summed E-state index contributed by atoms with van der Waals surface area (Å²) >= 11 is 0. The zero-order chi connectivity index (χ0) is 21.1. The standard InChI is InChI=1S/C27H36O2/c1-16-13-18(24(28)22-20(16)9-7-11-26(22,3)4)15-19-14-17(2)21-10-8-12-27(5,6)23(21)25(19)29/h13-14,28-29H,7-12,15H2,1-6H3. The molecule has 2 aromatic carbocycles. The zero-order valence-corrected chi connectivity index (χ0v) is 19.0. The maximum Gasteiger partial charge on any atom is 0.123 e. The Hall–Kier alpha value is -1.96. The Morgan fingerprint density at radius 3 is 1.48 bits per heavy atom. The van der Waals surface area contributed by atoms with Crippen molar-refractivity contribution in [2.75, 3.05) is 0 Å². The SMILES string of the molecule is Cc1cc(Cc2cc(C)c3c(c2O)C(C)(C)CCC3)c(O)c2c1CCCC2(C)C. The molecular formula is C27H36O2. The molecular weight excluding hydrogens is 356 g/mol. The lowest BCUT2D eigenvalue weighted by atomic mass is 9.69. The molecule has 156 valence electrons. The number of rotatable bonds is 2. The maximum absolute atomic E-state index is 11.3. The predicted octanol–water partition coefficient (Wildman–Crippen LogP) is 6.53. The molecule has 2 aliphatic rings. The maximum atomic E-state index is 11.3. The van der Waals surface area contributed by atoms with Crippen molar-refractivity contribution in [2.24, 2.45) is 0 Å². The van der Waals surface area contributed by atoms with Gasteiger partial charge in [0.25, 0.3) is 0 Å². The van der Waals surface area contributed by atoms with Crippen LogP contribution in [0, 0.1) is 13.8 Å². The van der Waals surface area contributed by atoms with E-state index in [2.05, 4.69) is 53.7 Å². The molecule has 0 heterocycles. The third-order valence-electron chi connectivity index (χ3n) is 7.61. The molecule has 29 heavy (non-hydrogen) atoms. The van der Waals surface area contributed by atoms with Crippen LogP contribution in [0.25, 0.3) is 0 Å². The minimum atomic E-state index is -0.00571. The van der Waals surface area contributed by atoms with E-state index in [-0.39, 0.29) is 10.8 Å². The molecule has 0 unspecified atom stereocenters. The van der Waals surface area contributed by atoms with E-state index in [1.165, 1.54) is 35.1 Å². The summed E-state index contributed by atoms with van der Waals surface area (Å²) in [4.78, 5) is 0. The van der Waals surface area contributed by atoms with E-state index >= 15 is 0 Å². The molecule has 2 aromatic rings. The van der Waals surface area contributed by atoms with Crippen molar-refractivity contribution in [3.63, 3.8) is 0 Å². The number of hydrogen-bond acceptors (Lipinski definition) is 2. The van der Waals surface area contributed by atoms with Gasteiger partial charge in [-0.2, -0.15) is 0 Å². The van der Waals surface area contributed by atoms with Gasteiger partial charge in [-0.25, -0.2) is 0 Å². The van der Waals surface area contributed by atoms with E-state index in [0.29, 0.717) is 17.9 Å². The number of aryl methyl sites for hydroxylation is 2. The van der Waals surface area contributed by atoms with E-state index < -0.39 is 0 Å². The molecule has 2 aliphatic carbocycles. The van der Waals surface area contributed by atoms with Crippen molar-refractivity contribution in [2.45, 2.75) is 97.3 Å². The van der Waals surface area contributed by atoms with E-state index in [4.69, 9.17) is 0 Å². The van der Waals surface area contributed by atoms with Gasteiger partial charge in [-0.05, 0) is 96.6 Å². The number of benzene rings is 2. The molecule has 2 heteroatoms. The summed E-state index contributed by atoms with van der Waals surface area (Å²) in [5.41, 5.74) is 9.34. The molecule has 4 rings (SSSR count). The number of fused-ring (bicyclic) bond motifs is 2. The van der Waals surface area contributed by atoms with Crippen molar-refractivity contribution in [3.05, 3.63) is 56.6 Å². The second-order valence-corrected chi connectivity index (χ2v) is 10.8. The Balaban J connectivity index is 1.84. The Bertz CT molecular complexity index is 900. The quantitative estimate of drug-likeness (QED) is 0.610. The van der Waals surface area contributed by atoms with E-state index in [1.807, 2.05) is 0 Å². The van der Waals surface area contributed by atoms with Crippen molar-refractivity contribution in [3.8, 4) is 11.5 Å². The minimum Gasteiger partial charge on any atom is -0.507 e. The first kappa shape index (κ1) is 20.3. The first-order chi connectivity index (χ1) is 13.5. The number of aromatic hydroxyl groups is 2. The topological polar surface area (TPSA) is 40.5 Å². The van der Waals surface area contributed by atoms with Gasteiger partial charge in [0.05, 0.1) is 0 Å². The molecule has 0 atom stereocenters. The molecule has 0 fully saturated rings. The fourth-order valence-corrected chi connectivity index (χ4v) is 6.08. The summed E-state index contributed by atoms with van der Waals surface area (Å²) in [5.74, 6) is 0.897. The Labute approximate surface area is 176 Å². The second kappa shape index (κ2) is 6.79. The van der Waals surface area contributed by atoms with Gasteiger partial charge in [-0.3, -0.25) is 0 Å². The molecule has 0 aliphatic heterocycles. The lowest BCUT2D eigenvalue weighted by Gasteiger charge is -2.36. The molecule has 0 bridgehead atoms. The lowest BCUT2D eigenvalue weighted by molar-refractivity contribution is 0.385. The normalized spacial score (nSPS) is 19.5. The average Bonchev–Trinajstić information content (AvgIpc) is 2.62. The Kier molecular flexibility index (Phi) is 4.76. The highest BCUT2D eigenvalue weighted by Crippen LogP contribution is 2.48. The van der Waals surface area contributed by atoms with Crippen molar-refractivity contribution in [1.29, 1.82) is 0 Å². The highest BCUT2D eigenvalue weighted by atomic mass is 16.3. The van der Waals surface area contributed by atoms with Crippen molar-refractivity contribution < 1.29 is 10.2 Å². The molecule has 2 nitrogen and oxygen atoms in total. The second-order valence-electron chi connectivity index (χ2n) is 10.8. The summed E-state index contributed by atoms with van der Waals surface area (Å²) in [6.45, 7) is 13.3. The highest BCUT2D eigenvalue weighted by Gasteiger charge is 2.34. The van der Waals surface area contributed by atoms with Gasteiger partial charge in [0.1, 0.15) is 11.5 Å². The van der Waals surface area contributed by atoms with Crippen LogP contribution in [0.15, 0.2) is 12.1 Å². The molecule has 2 N–H and O–H groups in total. The van der Waals surface area contributed by atoms with Gasteiger partial charge < -0.3 is 10.2 Å². The van der Waals surface area contributed by atoms with Gasteiger partial charge >= 0.3 is 0 Å². The Morgan fingerprint density at radius 2 is 1.10 bits per heavy atom. The highest BCUT2D eigenvalue weighted by molar-refractivity contribution is 5.59. The molecule has 0 spiro atoms. The van der Waals surface area contributed by atoms with Gasteiger partial charge in [0, 0.05) is 17.5 Å². The molecule has 0 saturated heterocycles. The van der Waals surface area contributed by atoms with Gasteiger partial charge in [0.15, 0.2) is 0 Å². The summed E-state index contributed by atoms with van der Waals surface area (Å²) < 4.78 is 0. The predicted molar refractivity (Wildman–Crippen MR) is 120 cm³/mol. The van der Waals surface area contributed by atoms with Crippen LogP contribution in [0.4, 0.5) is 0 Å². The first-order valence-corrected chi connectivity index (χ1v) is 11.2. The Morgan fingerprint density at radius 1 is 0.724 bits per heavy atom. The fraction of sp³-hybridized carbons (Fsp3) is 0.556. The first-order valence-electron chi connectivity index (χ1n) is 11.2. The molecule has 0 radical (unpaired) electrons. The van der Waals surface area contributed by atoms with Crippen molar-refractivity contribution >= 4 is 0 Å². The molecule has 0 amide bonds. The third-order valence-corrected chi connectivity index (χ3v) is 7.61. The molecule has 0 saturated carbocycles. The van der Waals surface area contributed by atoms with Crippen LogP contribution in [0.1, 0.15) is 97.9 Å². The van der Waals surface area contributed by atoms with Gasteiger partial charge in [-0.15, -0.1) is 0 Å². The van der Waals surface area contributed by atoms with Crippen LogP contribution in [0.5, 0.6) is 11.5 Å². The third kappa shape index (κ3) is 3.25. The minimum absolute atomic E-state index is 0.00571. The van der Waals surface area contributed by atoms with E-state index in [1.54, 1.807) is 0 Å². The average molecular weight is 393 g/mol. The number of phenolic OH excluding ortho intramolecular Hbond substituents is 2. The lowest BCUT2D eigenvalue weighted by Crippen LogP contribution is -2.26.